The number of hydrogen-bond donors (Lipinski definition) is 3. The molecule has 0 bridgehead atoms. The van der Waals surface area contributed by atoms with Crippen molar-refractivity contribution in [2.75, 3.05) is 10.6 Å². The summed E-state index contributed by atoms with van der Waals surface area (Å²) in [6.07, 6.45) is -4.38. The van der Waals surface area contributed by atoms with Crippen LogP contribution in [0.1, 0.15) is 25.8 Å². The summed E-state index contributed by atoms with van der Waals surface area (Å²) in [5.74, 6) is -0.947. The van der Waals surface area contributed by atoms with Crippen molar-refractivity contribution in [3.05, 3.63) is 64.4 Å². The molecule has 178 valence electrons. The zero-order valence-corrected chi connectivity index (χ0v) is 18.9. The molecule has 0 radical (unpaired) electrons. The number of amides is 2. The third-order valence-corrected chi connectivity index (χ3v) is 5.58. The molecule has 0 saturated carbocycles. The number of thioether (sulfide) groups is 1. The largest absolute Gasteiger partial charge is 0.418 e. The molecule has 0 aliphatic carbocycles. The lowest BCUT2D eigenvalue weighted by Crippen LogP contribution is -2.25. The SMILES string of the molecule is CCC(=O)Nc1ccccc1-c1nnc(S[C@H](C)C(=O)Nc2ccccc2C(F)(F)F)[nH]c1=O. The van der Waals surface area contributed by atoms with E-state index in [1.807, 2.05) is 0 Å². The van der Waals surface area contributed by atoms with Gasteiger partial charge in [-0.05, 0) is 25.1 Å². The highest BCUT2D eigenvalue weighted by molar-refractivity contribution is 8.00. The van der Waals surface area contributed by atoms with Crippen LogP contribution < -0.4 is 16.2 Å². The van der Waals surface area contributed by atoms with Gasteiger partial charge in [0.15, 0.2) is 10.9 Å². The first-order chi connectivity index (χ1) is 16.1. The maximum atomic E-state index is 13.1. The highest BCUT2D eigenvalue weighted by Crippen LogP contribution is 2.35. The van der Waals surface area contributed by atoms with Gasteiger partial charge in [0.1, 0.15) is 0 Å². The van der Waals surface area contributed by atoms with Crippen LogP contribution in [0.4, 0.5) is 24.5 Å². The van der Waals surface area contributed by atoms with Crippen LogP contribution >= 0.6 is 11.8 Å². The maximum absolute atomic E-state index is 13.1. The number of halogens is 3. The van der Waals surface area contributed by atoms with Crippen LogP contribution in [0.5, 0.6) is 0 Å². The zero-order chi connectivity index (χ0) is 24.9. The van der Waals surface area contributed by atoms with E-state index in [0.717, 1.165) is 23.9 Å². The molecule has 3 aromatic rings. The molecular weight excluding hydrogens is 471 g/mol. The van der Waals surface area contributed by atoms with Gasteiger partial charge < -0.3 is 10.6 Å². The Morgan fingerprint density at radius 1 is 1.03 bits per heavy atom. The summed E-state index contributed by atoms with van der Waals surface area (Å²) >= 11 is 0.829. The van der Waals surface area contributed by atoms with Crippen molar-refractivity contribution in [1.82, 2.24) is 15.2 Å². The van der Waals surface area contributed by atoms with Gasteiger partial charge in [0, 0.05) is 12.0 Å². The minimum Gasteiger partial charge on any atom is -0.325 e. The van der Waals surface area contributed by atoms with Crippen LogP contribution in [-0.4, -0.2) is 32.2 Å². The van der Waals surface area contributed by atoms with Gasteiger partial charge in [-0.1, -0.05) is 49.0 Å². The Morgan fingerprint density at radius 2 is 1.68 bits per heavy atom. The van der Waals surface area contributed by atoms with Crippen molar-refractivity contribution in [1.29, 1.82) is 0 Å². The van der Waals surface area contributed by atoms with Crippen LogP contribution in [-0.2, 0) is 15.8 Å². The van der Waals surface area contributed by atoms with Crippen LogP contribution in [0.2, 0.25) is 0 Å². The van der Waals surface area contributed by atoms with Crippen LogP contribution in [0, 0.1) is 0 Å². The molecule has 1 heterocycles. The Hall–Kier alpha value is -3.67. The number of alkyl halides is 3. The quantitative estimate of drug-likeness (QED) is 0.424. The maximum Gasteiger partial charge on any atom is 0.418 e. The number of para-hydroxylation sites is 2. The minimum absolute atomic E-state index is 0.00980. The number of aromatic nitrogens is 3. The molecule has 0 aliphatic heterocycles. The van der Waals surface area contributed by atoms with E-state index in [-0.39, 0.29) is 28.9 Å². The van der Waals surface area contributed by atoms with Crippen molar-refractivity contribution in [2.45, 2.75) is 36.9 Å². The number of aromatic amines is 1. The van der Waals surface area contributed by atoms with Gasteiger partial charge >= 0.3 is 6.18 Å². The van der Waals surface area contributed by atoms with Gasteiger partial charge in [0.2, 0.25) is 11.8 Å². The first-order valence-corrected chi connectivity index (χ1v) is 11.0. The van der Waals surface area contributed by atoms with E-state index in [0.29, 0.717) is 11.3 Å². The monoisotopic (exact) mass is 491 g/mol. The fourth-order valence-electron chi connectivity index (χ4n) is 2.88. The number of carbonyl (C=O) groups is 2. The minimum atomic E-state index is -4.63. The van der Waals surface area contributed by atoms with Gasteiger partial charge in [-0.15, -0.1) is 10.2 Å². The fraction of sp³-hybridized carbons (Fsp3) is 0.227. The Labute approximate surface area is 196 Å². The number of nitrogens with one attached hydrogen (secondary N) is 3. The van der Waals surface area contributed by atoms with Gasteiger partial charge in [-0.25, -0.2) is 0 Å². The molecule has 2 aromatic carbocycles. The number of nitrogens with zero attached hydrogens (tertiary/aromatic N) is 2. The lowest BCUT2D eigenvalue weighted by molar-refractivity contribution is -0.137. The highest BCUT2D eigenvalue weighted by atomic mass is 32.2. The second-order valence-corrected chi connectivity index (χ2v) is 8.38. The third kappa shape index (κ3) is 6.01. The van der Waals surface area contributed by atoms with Crippen LogP contribution in [0.25, 0.3) is 11.3 Å². The number of benzene rings is 2. The second-order valence-electron chi connectivity index (χ2n) is 7.05. The molecule has 0 unspecified atom stereocenters. The molecule has 34 heavy (non-hydrogen) atoms. The number of carbonyl (C=O) groups excluding carboxylic acids is 2. The zero-order valence-electron chi connectivity index (χ0n) is 18.1. The summed E-state index contributed by atoms with van der Waals surface area (Å²) in [7, 11) is 0. The Bertz CT molecular complexity index is 1260. The van der Waals surface area contributed by atoms with Gasteiger partial charge in [0.05, 0.1) is 22.2 Å². The predicted octanol–water partition coefficient (Wildman–Crippen LogP) is 4.32. The molecule has 0 fully saturated rings. The third-order valence-electron chi connectivity index (χ3n) is 4.60. The van der Waals surface area contributed by atoms with E-state index < -0.39 is 28.5 Å². The van der Waals surface area contributed by atoms with E-state index >= 15 is 0 Å². The molecule has 2 amide bonds. The summed E-state index contributed by atoms with van der Waals surface area (Å²) in [5.41, 5.74) is -1.21. The summed E-state index contributed by atoms with van der Waals surface area (Å²) in [6, 6.07) is 11.2. The van der Waals surface area contributed by atoms with E-state index in [9.17, 15) is 27.6 Å². The molecule has 3 rings (SSSR count). The molecule has 0 aliphatic rings. The molecule has 8 nitrogen and oxygen atoms in total. The van der Waals surface area contributed by atoms with Crippen molar-refractivity contribution in [3.8, 4) is 11.3 Å². The number of anilines is 2. The molecular formula is C22H20F3N5O3S. The normalized spacial score (nSPS) is 12.1. The van der Waals surface area contributed by atoms with E-state index in [1.165, 1.54) is 19.1 Å². The molecule has 12 heteroatoms. The Kier molecular flexibility index (Phi) is 7.72. The molecule has 0 spiro atoms. The second kappa shape index (κ2) is 10.5. The number of H-pyrrole nitrogens is 1. The van der Waals surface area contributed by atoms with Gasteiger partial charge in [-0.3, -0.25) is 19.4 Å². The summed E-state index contributed by atoms with van der Waals surface area (Å²) in [6.45, 7) is 3.15. The summed E-state index contributed by atoms with van der Waals surface area (Å²) in [4.78, 5) is 39.4. The summed E-state index contributed by atoms with van der Waals surface area (Å²) in [5, 5.41) is 11.9. The lowest BCUT2D eigenvalue weighted by Gasteiger charge is -2.16. The van der Waals surface area contributed by atoms with E-state index in [2.05, 4.69) is 25.8 Å². The van der Waals surface area contributed by atoms with Crippen LogP contribution in [0.15, 0.2) is 58.5 Å². The average molecular weight is 491 g/mol. The van der Waals surface area contributed by atoms with E-state index in [1.54, 1.807) is 31.2 Å². The first kappa shape index (κ1) is 25.0. The van der Waals surface area contributed by atoms with Gasteiger partial charge in [0.25, 0.3) is 5.56 Å². The summed E-state index contributed by atoms with van der Waals surface area (Å²) < 4.78 is 39.4. The van der Waals surface area contributed by atoms with Crippen molar-refractivity contribution >= 4 is 35.0 Å². The smallest absolute Gasteiger partial charge is 0.325 e. The predicted molar refractivity (Wildman–Crippen MR) is 122 cm³/mol. The Morgan fingerprint density at radius 3 is 2.32 bits per heavy atom. The molecule has 1 atom stereocenters. The average Bonchev–Trinajstić information content (AvgIpc) is 2.79. The standard InChI is InChI=1S/C22H20F3N5O3S/c1-3-17(31)26-15-10-6-4-8-13(15)18-20(33)28-21(30-29-18)34-12(2)19(32)27-16-11-7-5-9-14(16)22(23,24)25/h4-12H,3H2,1-2H3,(H,26,31)(H,27,32)(H,28,30,33)/t12-/m1/s1. The van der Waals surface area contributed by atoms with Crippen molar-refractivity contribution in [3.63, 3.8) is 0 Å². The lowest BCUT2D eigenvalue weighted by atomic mass is 10.1. The number of hydrogen-bond acceptors (Lipinski definition) is 6. The molecule has 0 saturated heterocycles. The first-order valence-electron chi connectivity index (χ1n) is 10.1. The molecule has 1 aromatic heterocycles. The topological polar surface area (TPSA) is 117 Å². The van der Waals surface area contributed by atoms with E-state index in [4.69, 9.17) is 0 Å². The van der Waals surface area contributed by atoms with Crippen molar-refractivity contribution in [2.24, 2.45) is 0 Å². The van der Waals surface area contributed by atoms with Crippen molar-refractivity contribution < 1.29 is 22.8 Å². The van der Waals surface area contributed by atoms with Gasteiger partial charge in [-0.2, -0.15) is 13.2 Å². The Balaban J connectivity index is 1.76. The molecule has 3 N–H and O–H groups in total. The highest BCUT2D eigenvalue weighted by Gasteiger charge is 2.34. The number of rotatable bonds is 7. The van der Waals surface area contributed by atoms with Crippen LogP contribution in [0.3, 0.4) is 0 Å². The fourth-order valence-corrected chi connectivity index (χ4v) is 3.62.